The Morgan fingerprint density at radius 1 is 0.778 bits per heavy atom. The third-order valence-electron chi connectivity index (χ3n) is 2.12. The van der Waals surface area contributed by atoms with Gasteiger partial charge in [0.05, 0.1) is 12.1 Å². The van der Waals surface area contributed by atoms with E-state index in [0.29, 0.717) is 24.9 Å². The first-order valence-corrected chi connectivity index (χ1v) is 12.4. The Labute approximate surface area is 112 Å². The van der Waals surface area contributed by atoms with E-state index in [9.17, 15) is 8.22 Å². The molecule has 0 radical (unpaired) electrons. The number of halogens is 2. The monoisotopic (exact) mass is 290 g/mol. The van der Waals surface area contributed by atoms with E-state index >= 15 is 0 Å². The quantitative estimate of drug-likeness (QED) is 0.395. The predicted molar refractivity (Wildman–Crippen MR) is 76.5 cm³/mol. The van der Waals surface area contributed by atoms with Crippen LogP contribution in [0, 0.1) is 22.7 Å². The summed E-state index contributed by atoms with van der Waals surface area (Å²) in [5, 5.41) is 16.2. The normalized spacial score (nSPS) is 10.9. The first kappa shape index (κ1) is 19.6. The molecule has 2 nitrogen and oxygen atoms in total. The molecule has 0 heterocycles. The molecule has 0 rings (SSSR count). The van der Waals surface area contributed by atoms with Crippen molar-refractivity contribution >= 4 is 16.8 Å². The van der Waals surface area contributed by atoms with Crippen LogP contribution in [-0.4, -0.2) is 16.8 Å². The summed E-state index contributed by atoms with van der Waals surface area (Å²) in [6.45, 7) is 6.68. The fraction of sp³-hybridized carbons (Fsp3) is 0.833. The number of nitrogens with zero attached hydrogens (tertiary/aromatic N) is 2. The average Bonchev–Trinajstić information content (AvgIpc) is 2.16. The molecule has 6 heteroatoms. The third-order valence-corrected chi connectivity index (χ3v) is 5.20. The van der Waals surface area contributed by atoms with Crippen molar-refractivity contribution in [2.45, 2.75) is 64.0 Å². The summed E-state index contributed by atoms with van der Waals surface area (Å²) in [4.78, 5) is 0. The second kappa shape index (κ2) is 10.2. The summed E-state index contributed by atoms with van der Waals surface area (Å²) in [7, 11) is -4.69. The summed E-state index contributed by atoms with van der Waals surface area (Å²) in [5.41, 5.74) is 0. The molecule has 0 aromatic heterocycles. The molecule has 0 saturated heterocycles. The molecule has 0 bridgehead atoms. The lowest BCUT2D eigenvalue weighted by atomic mass is 10.4. The largest absolute Gasteiger partial charge is 0.314 e. The lowest BCUT2D eigenvalue weighted by Gasteiger charge is -2.07. The van der Waals surface area contributed by atoms with E-state index in [0.717, 1.165) is 12.8 Å². The second-order valence-corrected chi connectivity index (χ2v) is 13.3. The van der Waals surface area contributed by atoms with E-state index < -0.39 is 16.8 Å². The van der Waals surface area contributed by atoms with Crippen molar-refractivity contribution in [2.75, 3.05) is 0 Å². The van der Waals surface area contributed by atoms with Gasteiger partial charge in [-0.1, -0.05) is 0 Å². The van der Waals surface area contributed by atoms with Crippen LogP contribution in [0.1, 0.15) is 25.7 Å². The van der Waals surface area contributed by atoms with E-state index in [1.807, 2.05) is 12.1 Å². The Morgan fingerprint density at radius 3 is 1.22 bits per heavy atom. The Morgan fingerprint density at radius 2 is 1.06 bits per heavy atom. The third kappa shape index (κ3) is 24.5. The Bertz CT molecular complexity index is 252. The zero-order valence-corrected chi connectivity index (χ0v) is 13.9. The van der Waals surface area contributed by atoms with E-state index in [-0.39, 0.29) is 0 Å². The topological polar surface area (TPSA) is 47.6 Å². The van der Waals surface area contributed by atoms with E-state index in [1.165, 1.54) is 0 Å². The van der Waals surface area contributed by atoms with Crippen LogP contribution >= 0.6 is 0 Å². The Kier molecular flexibility index (Phi) is 11.1. The van der Waals surface area contributed by atoms with Gasteiger partial charge in [-0.2, -0.15) is 10.5 Å². The standard InChI is InChI=1S/2C6H12FNSi/c2*1-9(2,7)6-4-3-5-8/h2*3-4,6H2,1-2H3. The van der Waals surface area contributed by atoms with Crippen LogP contribution in [0.25, 0.3) is 0 Å². The first-order valence-electron chi connectivity index (χ1n) is 6.24. The number of hydrogen-bond acceptors (Lipinski definition) is 2. The van der Waals surface area contributed by atoms with Gasteiger partial charge >= 0.3 is 0 Å². The van der Waals surface area contributed by atoms with Gasteiger partial charge in [0.25, 0.3) is 0 Å². The Balaban J connectivity index is 0. The number of unbranched alkanes of at least 4 members (excludes halogenated alkanes) is 2. The van der Waals surface area contributed by atoms with Crippen molar-refractivity contribution in [3.8, 4) is 12.1 Å². The molecule has 0 spiro atoms. The van der Waals surface area contributed by atoms with Crippen molar-refractivity contribution < 1.29 is 8.22 Å². The van der Waals surface area contributed by atoms with Crippen LogP contribution in [0.4, 0.5) is 8.22 Å². The van der Waals surface area contributed by atoms with Gasteiger partial charge in [-0.05, 0) is 51.1 Å². The molecule has 104 valence electrons. The lowest BCUT2D eigenvalue weighted by molar-refractivity contribution is 0.763. The van der Waals surface area contributed by atoms with Gasteiger partial charge in [0.1, 0.15) is 0 Å². The first-order chi connectivity index (χ1) is 8.12. The van der Waals surface area contributed by atoms with Gasteiger partial charge in [0, 0.05) is 12.8 Å². The lowest BCUT2D eigenvalue weighted by Crippen LogP contribution is -2.16. The smallest absolute Gasteiger partial charge is 0.241 e. The van der Waals surface area contributed by atoms with E-state index in [1.54, 1.807) is 26.2 Å². The highest BCUT2D eigenvalue weighted by Gasteiger charge is 2.19. The van der Waals surface area contributed by atoms with Crippen LogP contribution in [0.15, 0.2) is 0 Å². The molecule has 0 amide bonds. The van der Waals surface area contributed by atoms with Crippen molar-refractivity contribution in [1.29, 1.82) is 10.5 Å². The highest BCUT2D eigenvalue weighted by molar-refractivity contribution is 6.70. The SMILES string of the molecule is C[Si](C)(F)CCCC#N.C[Si](C)(F)CCCC#N. The van der Waals surface area contributed by atoms with Crippen LogP contribution in [0.5, 0.6) is 0 Å². The maximum atomic E-state index is 12.7. The zero-order valence-electron chi connectivity index (χ0n) is 11.9. The van der Waals surface area contributed by atoms with Crippen molar-refractivity contribution in [1.82, 2.24) is 0 Å². The van der Waals surface area contributed by atoms with E-state index in [4.69, 9.17) is 10.5 Å². The number of rotatable bonds is 6. The van der Waals surface area contributed by atoms with Gasteiger partial charge in [0.2, 0.25) is 16.8 Å². The van der Waals surface area contributed by atoms with Crippen LogP contribution in [0.2, 0.25) is 38.3 Å². The minimum atomic E-state index is -2.35. The molecule has 0 unspecified atom stereocenters. The van der Waals surface area contributed by atoms with Crippen molar-refractivity contribution in [3.63, 3.8) is 0 Å². The van der Waals surface area contributed by atoms with Gasteiger partial charge < -0.3 is 8.22 Å². The maximum Gasteiger partial charge on any atom is 0.241 e. The number of hydrogen-bond donors (Lipinski definition) is 0. The molecule has 0 aliphatic carbocycles. The fourth-order valence-electron chi connectivity index (χ4n) is 1.18. The average molecular weight is 291 g/mol. The minimum absolute atomic E-state index is 0.500. The van der Waals surface area contributed by atoms with Gasteiger partial charge in [-0.3, -0.25) is 0 Å². The molecule has 0 saturated carbocycles. The molecular weight excluding hydrogens is 266 g/mol. The molecule has 0 aromatic carbocycles. The summed E-state index contributed by atoms with van der Waals surface area (Å²) >= 11 is 0. The van der Waals surface area contributed by atoms with Crippen molar-refractivity contribution in [3.05, 3.63) is 0 Å². The number of nitriles is 2. The van der Waals surface area contributed by atoms with Crippen LogP contribution in [0.3, 0.4) is 0 Å². The fourth-order valence-corrected chi connectivity index (χ4v) is 3.21. The Hall–Kier alpha value is -0.726. The molecule has 0 N–H and O–H groups in total. The molecular formula is C12H24F2N2Si2. The summed E-state index contributed by atoms with van der Waals surface area (Å²) in [5.74, 6) is 0. The highest BCUT2D eigenvalue weighted by atomic mass is 28.4. The zero-order chi connectivity index (χ0) is 14.7. The van der Waals surface area contributed by atoms with Crippen molar-refractivity contribution in [2.24, 2.45) is 0 Å². The van der Waals surface area contributed by atoms with Gasteiger partial charge in [0.15, 0.2) is 0 Å². The predicted octanol–water partition coefficient (Wildman–Crippen LogP) is 4.93. The molecule has 18 heavy (non-hydrogen) atoms. The van der Waals surface area contributed by atoms with Crippen LogP contribution < -0.4 is 0 Å². The summed E-state index contributed by atoms with van der Waals surface area (Å²) in [6.07, 6.45) is 2.46. The molecule has 0 aromatic rings. The van der Waals surface area contributed by atoms with E-state index in [2.05, 4.69) is 0 Å². The molecule has 0 aliphatic heterocycles. The van der Waals surface area contributed by atoms with Gasteiger partial charge in [-0.15, -0.1) is 0 Å². The molecule has 0 atom stereocenters. The van der Waals surface area contributed by atoms with Gasteiger partial charge in [-0.25, -0.2) is 0 Å². The van der Waals surface area contributed by atoms with Crippen LogP contribution in [-0.2, 0) is 0 Å². The highest BCUT2D eigenvalue weighted by Crippen LogP contribution is 2.14. The summed E-state index contributed by atoms with van der Waals surface area (Å²) in [6, 6.07) is 5.24. The maximum absolute atomic E-state index is 12.7. The molecule has 0 aliphatic rings. The summed E-state index contributed by atoms with van der Waals surface area (Å²) < 4.78 is 25.5. The minimum Gasteiger partial charge on any atom is -0.314 e. The molecule has 0 fully saturated rings. The second-order valence-electron chi connectivity index (χ2n) is 5.46.